The number of anilines is 1. The first kappa shape index (κ1) is 23.8. The fraction of sp³-hybridized carbons (Fsp3) is 0.273. The minimum Gasteiger partial charge on any atom is -0.496 e. The molecule has 2 amide bonds. The molecule has 1 aliphatic rings. The molecule has 1 heterocycles. The van der Waals surface area contributed by atoms with Gasteiger partial charge in [-0.05, 0) is 55.7 Å². The van der Waals surface area contributed by atoms with E-state index in [0.717, 1.165) is 11.1 Å². The second-order valence-corrected chi connectivity index (χ2v) is 9.93. The standard InChI is InChI=1S/C22H25N3O5S2/c1-14-3-6-17(13-19(14)25-22(27)20-15(2)30-11-12-31-20)21(26)24-10-9-16-4-7-18(8-5-16)32(23,28)29/h3-8,13H,9-12H2,1-2H3,(H,24,26)(H,25,27)(H2,23,28,29). The molecule has 0 fully saturated rings. The van der Waals surface area contributed by atoms with Gasteiger partial charge in [-0.3, -0.25) is 9.59 Å². The Kier molecular flexibility index (Phi) is 7.60. The second-order valence-electron chi connectivity index (χ2n) is 7.26. The molecule has 0 bridgehead atoms. The van der Waals surface area contributed by atoms with Crippen LogP contribution in [-0.2, 0) is 26.0 Å². The van der Waals surface area contributed by atoms with Gasteiger partial charge >= 0.3 is 0 Å². The Morgan fingerprint density at radius 2 is 1.81 bits per heavy atom. The lowest BCUT2D eigenvalue weighted by atomic mass is 10.1. The summed E-state index contributed by atoms with van der Waals surface area (Å²) in [5, 5.41) is 10.8. The topological polar surface area (TPSA) is 128 Å². The van der Waals surface area contributed by atoms with Crippen LogP contribution >= 0.6 is 11.8 Å². The van der Waals surface area contributed by atoms with Crippen molar-refractivity contribution >= 4 is 39.3 Å². The third-order valence-corrected chi connectivity index (χ3v) is 6.93. The van der Waals surface area contributed by atoms with Crippen molar-refractivity contribution in [2.24, 2.45) is 5.14 Å². The number of aryl methyl sites for hydroxylation is 1. The van der Waals surface area contributed by atoms with Crippen LogP contribution in [0.15, 0.2) is 58.0 Å². The number of hydrogen-bond acceptors (Lipinski definition) is 6. The van der Waals surface area contributed by atoms with Crippen LogP contribution < -0.4 is 15.8 Å². The predicted octanol–water partition coefficient (Wildman–Crippen LogP) is 2.55. The van der Waals surface area contributed by atoms with Crippen molar-refractivity contribution < 1.29 is 22.7 Å². The molecular formula is C22H25N3O5S2. The van der Waals surface area contributed by atoms with Gasteiger partial charge in [-0.1, -0.05) is 18.2 Å². The lowest BCUT2D eigenvalue weighted by Crippen LogP contribution is -2.26. The summed E-state index contributed by atoms with van der Waals surface area (Å²) in [4.78, 5) is 25.8. The molecule has 1 aliphatic heterocycles. The van der Waals surface area contributed by atoms with E-state index in [-0.39, 0.29) is 16.7 Å². The van der Waals surface area contributed by atoms with Crippen LogP contribution in [0.2, 0.25) is 0 Å². The summed E-state index contributed by atoms with van der Waals surface area (Å²) >= 11 is 1.45. The highest BCUT2D eigenvalue weighted by Crippen LogP contribution is 2.27. The highest BCUT2D eigenvalue weighted by molar-refractivity contribution is 8.04. The number of hydrogen-bond donors (Lipinski definition) is 3. The Bertz CT molecular complexity index is 1160. The lowest BCUT2D eigenvalue weighted by molar-refractivity contribution is -0.112. The number of thioether (sulfide) groups is 1. The number of amides is 2. The Hall–Kier alpha value is -2.82. The quantitative estimate of drug-likeness (QED) is 0.565. The Labute approximate surface area is 191 Å². The highest BCUT2D eigenvalue weighted by Gasteiger charge is 2.20. The summed E-state index contributed by atoms with van der Waals surface area (Å²) in [7, 11) is -3.73. The maximum absolute atomic E-state index is 12.6. The molecule has 0 aliphatic carbocycles. The molecule has 0 atom stereocenters. The molecule has 0 aromatic heterocycles. The third-order valence-electron chi connectivity index (χ3n) is 4.87. The fourth-order valence-corrected chi connectivity index (χ4v) is 4.41. The van der Waals surface area contributed by atoms with E-state index in [9.17, 15) is 18.0 Å². The molecule has 32 heavy (non-hydrogen) atoms. The lowest BCUT2D eigenvalue weighted by Gasteiger charge is -2.18. The van der Waals surface area contributed by atoms with E-state index in [0.29, 0.717) is 47.2 Å². The van der Waals surface area contributed by atoms with E-state index in [1.807, 2.05) is 6.92 Å². The van der Waals surface area contributed by atoms with Crippen LogP contribution in [-0.4, -0.2) is 39.1 Å². The molecule has 170 valence electrons. The van der Waals surface area contributed by atoms with E-state index >= 15 is 0 Å². The molecule has 0 saturated heterocycles. The number of carbonyl (C=O) groups is 2. The van der Waals surface area contributed by atoms with E-state index in [1.54, 1.807) is 37.3 Å². The molecule has 8 nitrogen and oxygen atoms in total. The number of primary sulfonamides is 1. The Morgan fingerprint density at radius 3 is 2.47 bits per heavy atom. The van der Waals surface area contributed by atoms with Crippen molar-refractivity contribution in [2.75, 3.05) is 24.2 Å². The highest BCUT2D eigenvalue weighted by atomic mass is 32.2. The molecule has 4 N–H and O–H groups in total. The van der Waals surface area contributed by atoms with Gasteiger partial charge in [0.25, 0.3) is 11.8 Å². The first-order valence-electron chi connectivity index (χ1n) is 9.93. The fourth-order valence-electron chi connectivity index (χ4n) is 3.08. The van der Waals surface area contributed by atoms with E-state index < -0.39 is 10.0 Å². The van der Waals surface area contributed by atoms with Crippen LogP contribution in [0.3, 0.4) is 0 Å². The Morgan fingerprint density at radius 1 is 1.09 bits per heavy atom. The molecule has 3 rings (SSSR count). The maximum atomic E-state index is 12.6. The molecule has 10 heteroatoms. The number of rotatable bonds is 7. The summed E-state index contributed by atoms with van der Waals surface area (Å²) in [6, 6.07) is 11.3. The number of ether oxygens (including phenoxy) is 1. The van der Waals surface area contributed by atoms with Crippen molar-refractivity contribution in [1.29, 1.82) is 0 Å². The van der Waals surface area contributed by atoms with Crippen LogP contribution in [0.5, 0.6) is 0 Å². The molecule has 0 unspecified atom stereocenters. The number of benzene rings is 2. The summed E-state index contributed by atoms with van der Waals surface area (Å²) < 4.78 is 28.1. The zero-order valence-electron chi connectivity index (χ0n) is 17.8. The molecular weight excluding hydrogens is 450 g/mol. The first-order chi connectivity index (χ1) is 15.1. The van der Waals surface area contributed by atoms with E-state index in [4.69, 9.17) is 9.88 Å². The van der Waals surface area contributed by atoms with Gasteiger partial charge in [0.15, 0.2) is 0 Å². The van der Waals surface area contributed by atoms with Crippen LogP contribution in [0.1, 0.15) is 28.4 Å². The van der Waals surface area contributed by atoms with Crippen LogP contribution in [0, 0.1) is 6.92 Å². The van der Waals surface area contributed by atoms with Gasteiger partial charge in [0.05, 0.1) is 11.5 Å². The number of nitrogens with two attached hydrogens (primary N) is 1. The van der Waals surface area contributed by atoms with Gasteiger partial charge in [-0.25, -0.2) is 13.6 Å². The SMILES string of the molecule is CC1=C(C(=O)Nc2cc(C(=O)NCCc3ccc(S(N)(=O)=O)cc3)ccc2C)SCCO1. The van der Waals surface area contributed by atoms with Crippen molar-refractivity contribution in [3.63, 3.8) is 0 Å². The minimum absolute atomic E-state index is 0.0451. The monoisotopic (exact) mass is 475 g/mol. The molecule has 0 radical (unpaired) electrons. The summed E-state index contributed by atoms with van der Waals surface area (Å²) in [5.74, 6) is 0.789. The number of carbonyl (C=O) groups excluding carboxylic acids is 2. The normalized spacial score (nSPS) is 14.0. The van der Waals surface area contributed by atoms with Crippen molar-refractivity contribution in [2.45, 2.75) is 25.2 Å². The van der Waals surface area contributed by atoms with Gasteiger partial charge in [0, 0.05) is 23.5 Å². The van der Waals surface area contributed by atoms with E-state index in [1.165, 1.54) is 23.9 Å². The number of sulfonamides is 1. The van der Waals surface area contributed by atoms with Crippen molar-refractivity contribution in [1.82, 2.24) is 5.32 Å². The maximum Gasteiger partial charge on any atom is 0.265 e. The van der Waals surface area contributed by atoms with Gasteiger partial charge in [0.1, 0.15) is 10.7 Å². The van der Waals surface area contributed by atoms with Crippen molar-refractivity contribution in [3.05, 3.63) is 69.8 Å². The largest absolute Gasteiger partial charge is 0.496 e. The molecule has 2 aromatic rings. The van der Waals surface area contributed by atoms with Crippen LogP contribution in [0.25, 0.3) is 0 Å². The Balaban J connectivity index is 1.60. The summed E-state index contributed by atoms with van der Waals surface area (Å²) in [5.41, 5.74) is 2.69. The molecule has 2 aromatic carbocycles. The molecule has 0 spiro atoms. The van der Waals surface area contributed by atoms with Gasteiger partial charge in [-0.15, -0.1) is 11.8 Å². The average molecular weight is 476 g/mol. The predicted molar refractivity (Wildman–Crippen MR) is 125 cm³/mol. The number of allylic oxidation sites excluding steroid dienone is 1. The summed E-state index contributed by atoms with van der Waals surface area (Å²) in [6.45, 7) is 4.57. The van der Waals surface area contributed by atoms with Crippen LogP contribution in [0.4, 0.5) is 5.69 Å². The smallest absolute Gasteiger partial charge is 0.265 e. The molecule has 0 saturated carbocycles. The third kappa shape index (κ3) is 6.12. The van der Waals surface area contributed by atoms with E-state index in [2.05, 4.69) is 10.6 Å². The number of nitrogens with one attached hydrogen (secondary N) is 2. The van der Waals surface area contributed by atoms with Gasteiger partial charge in [0.2, 0.25) is 10.0 Å². The average Bonchev–Trinajstić information content (AvgIpc) is 2.75. The zero-order valence-corrected chi connectivity index (χ0v) is 19.4. The zero-order chi connectivity index (χ0) is 23.3. The second kappa shape index (κ2) is 10.2. The van der Waals surface area contributed by atoms with Crippen molar-refractivity contribution in [3.8, 4) is 0 Å². The van der Waals surface area contributed by atoms with Gasteiger partial charge < -0.3 is 15.4 Å². The first-order valence-corrected chi connectivity index (χ1v) is 12.5. The van der Waals surface area contributed by atoms with Gasteiger partial charge in [-0.2, -0.15) is 0 Å². The minimum atomic E-state index is -3.73. The summed E-state index contributed by atoms with van der Waals surface area (Å²) in [6.07, 6.45) is 0.525.